The van der Waals surface area contributed by atoms with Gasteiger partial charge in [-0.2, -0.15) is 0 Å². The van der Waals surface area contributed by atoms with Crippen molar-refractivity contribution in [3.63, 3.8) is 0 Å². The van der Waals surface area contributed by atoms with Crippen molar-refractivity contribution in [1.82, 2.24) is 0 Å². The number of aliphatic hydroxyl groups is 1. The number of allylic oxidation sites excluding steroid dienone is 2. The third-order valence-electron chi connectivity index (χ3n) is 6.06. The first kappa shape index (κ1) is 18.7. The Kier molecular flexibility index (Phi) is 5.19. The van der Waals surface area contributed by atoms with E-state index in [0.717, 1.165) is 47.3 Å². The Labute approximate surface area is 166 Å². The molecule has 1 N–H and O–H groups in total. The SMILES string of the molecule is C[C@]12C/C(=C\c3ccccc3OCc3ccccc3)C(=O)C=C1CCC[C@@H]2O. The van der Waals surface area contributed by atoms with Crippen LogP contribution in [0.4, 0.5) is 0 Å². The lowest BCUT2D eigenvalue weighted by Gasteiger charge is -2.43. The average Bonchev–Trinajstić information content (AvgIpc) is 2.70. The van der Waals surface area contributed by atoms with Crippen molar-refractivity contribution in [3.8, 4) is 5.75 Å². The van der Waals surface area contributed by atoms with Crippen LogP contribution in [0.5, 0.6) is 5.75 Å². The number of ether oxygens (including phenoxy) is 1. The van der Waals surface area contributed by atoms with Crippen LogP contribution in [-0.2, 0) is 11.4 Å². The van der Waals surface area contributed by atoms with Crippen molar-refractivity contribution in [3.05, 3.63) is 82.9 Å². The Balaban J connectivity index is 1.60. The van der Waals surface area contributed by atoms with Crippen LogP contribution >= 0.6 is 0 Å². The van der Waals surface area contributed by atoms with Gasteiger partial charge in [0.25, 0.3) is 0 Å². The highest BCUT2D eigenvalue weighted by Crippen LogP contribution is 2.48. The van der Waals surface area contributed by atoms with Crippen molar-refractivity contribution in [2.45, 2.75) is 45.3 Å². The molecule has 2 aromatic carbocycles. The van der Waals surface area contributed by atoms with Gasteiger partial charge in [0.15, 0.2) is 5.78 Å². The molecular weight excluding hydrogens is 348 g/mol. The molecule has 2 aliphatic carbocycles. The second-order valence-electron chi connectivity index (χ2n) is 8.02. The van der Waals surface area contributed by atoms with E-state index in [1.165, 1.54) is 0 Å². The predicted molar refractivity (Wildman–Crippen MR) is 111 cm³/mol. The fraction of sp³-hybridized carbons (Fsp3) is 0.320. The van der Waals surface area contributed by atoms with Crippen LogP contribution in [0.2, 0.25) is 0 Å². The second kappa shape index (κ2) is 7.76. The molecule has 4 rings (SSSR count). The summed E-state index contributed by atoms with van der Waals surface area (Å²) in [7, 11) is 0. The first-order valence-corrected chi connectivity index (χ1v) is 9.96. The van der Waals surface area contributed by atoms with Crippen LogP contribution in [0, 0.1) is 5.41 Å². The summed E-state index contributed by atoms with van der Waals surface area (Å²) >= 11 is 0. The summed E-state index contributed by atoms with van der Waals surface area (Å²) in [5, 5.41) is 10.6. The molecule has 0 heterocycles. The van der Waals surface area contributed by atoms with E-state index in [9.17, 15) is 9.90 Å². The standard InChI is InChI=1S/C25H26O3/c1-25-16-20(22(26)15-21(25)11-7-13-24(25)27)14-19-10-5-6-12-23(19)28-17-18-8-3-2-4-9-18/h2-6,8-10,12,14-15,24,27H,7,11,13,16-17H2,1H3/b20-14+/t24-,25-/m0/s1. The molecule has 2 atom stereocenters. The monoisotopic (exact) mass is 374 g/mol. The lowest BCUT2D eigenvalue weighted by Crippen LogP contribution is -2.41. The highest BCUT2D eigenvalue weighted by atomic mass is 16.5. The van der Waals surface area contributed by atoms with Crippen molar-refractivity contribution < 1.29 is 14.6 Å². The smallest absolute Gasteiger partial charge is 0.181 e. The fourth-order valence-electron chi connectivity index (χ4n) is 4.28. The molecule has 0 radical (unpaired) electrons. The van der Waals surface area contributed by atoms with E-state index < -0.39 is 6.10 Å². The van der Waals surface area contributed by atoms with Crippen molar-refractivity contribution in [2.75, 3.05) is 0 Å². The molecule has 0 saturated heterocycles. The van der Waals surface area contributed by atoms with Gasteiger partial charge in [0.2, 0.25) is 0 Å². The van der Waals surface area contributed by atoms with E-state index in [2.05, 4.69) is 6.92 Å². The Morgan fingerprint density at radius 2 is 1.89 bits per heavy atom. The van der Waals surface area contributed by atoms with Gasteiger partial charge in [0.05, 0.1) is 6.10 Å². The minimum atomic E-state index is -0.395. The van der Waals surface area contributed by atoms with Crippen molar-refractivity contribution in [2.24, 2.45) is 5.41 Å². The van der Waals surface area contributed by atoms with Gasteiger partial charge in [-0.15, -0.1) is 0 Å². The van der Waals surface area contributed by atoms with Crippen molar-refractivity contribution in [1.29, 1.82) is 0 Å². The molecule has 0 unspecified atom stereocenters. The molecule has 1 saturated carbocycles. The Bertz CT molecular complexity index is 926. The molecule has 0 spiro atoms. The summed E-state index contributed by atoms with van der Waals surface area (Å²) in [5.74, 6) is 0.815. The quantitative estimate of drug-likeness (QED) is 0.758. The summed E-state index contributed by atoms with van der Waals surface area (Å²) < 4.78 is 6.03. The van der Waals surface area contributed by atoms with Crippen molar-refractivity contribution >= 4 is 11.9 Å². The van der Waals surface area contributed by atoms with Gasteiger partial charge in [0.1, 0.15) is 12.4 Å². The van der Waals surface area contributed by atoms with E-state index in [1.54, 1.807) is 6.08 Å². The number of carbonyl (C=O) groups excluding carboxylic acids is 1. The third-order valence-corrected chi connectivity index (χ3v) is 6.06. The van der Waals surface area contributed by atoms with E-state index in [-0.39, 0.29) is 11.2 Å². The second-order valence-corrected chi connectivity index (χ2v) is 8.02. The van der Waals surface area contributed by atoms with E-state index in [1.807, 2.05) is 60.7 Å². The molecule has 0 bridgehead atoms. The molecule has 28 heavy (non-hydrogen) atoms. The van der Waals surface area contributed by atoms with Crippen LogP contribution < -0.4 is 4.74 Å². The maximum absolute atomic E-state index is 12.7. The number of hydrogen-bond acceptors (Lipinski definition) is 3. The molecule has 3 nitrogen and oxygen atoms in total. The van der Waals surface area contributed by atoms with Gasteiger partial charge >= 0.3 is 0 Å². The summed E-state index contributed by atoms with van der Waals surface area (Å²) in [4.78, 5) is 12.7. The maximum Gasteiger partial charge on any atom is 0.181 e. The van der Waals surface area contributed by atoms with E-state index >= 15 is 0 Å². The molecule has 2 aromatic rings. The normalized spacial score (nSPS) is 25.9. The van der Waals surface area contributed by atoms with E-state index in [0.29, 0.717) is 13.0 Å². The zero-order chi connectivity index (χ0) is 19.6. The van der Waals surface area contributed by atoms with Crippen LogP contribution in [0.15, 0.2) is 71.8 Å². The number of rotatable bonds is 4. The largest absolute Gasteiger partial charge is 0.488 e. The molecule has 0 aliphatic heterocycles. The lowest BCUT2D eigenvalue weighted by atomic mass is 9.63. The molecule has 1 fully saturated rings. The number of fused-ring (bicyclic) bond motifs is 1. The van der Waals surface area contributed by atoms with Gasteiger partial charge < -0.3 is 9.84 Å². The number of benzene rings is 2. The highest BCUT2D eigenvalue weighted by molar-refractivity contribution is 6.09. The summed E-state index contributed by atoms with van der Waals surface area (Å²) in [6.07, 6.45) is 6.52. The average molecular weight is 374 g/mol. The lowest BCUT2D eigenvalue weighted by molar-refractivity contribution is -0.112. The van der Waals surface area contributed by atoms with Gasteiger partial charge in [0, 0.05) is 16.6 Å². The molecule has 0 amide bonds. The number of ketones is 1. The van der Waals surface area contributed by atoms with Crippen LogP contribution in [0.25, 0.3) is 6.08 Å². The molecule has 0 aromatic heterocycles. The zero-order valence-electron chi connectivity index (χ0n) is 16.2. The molecule has 2 aliphatic rings. The Morgan fingerprint density at radius 1 is 1.14 bits per heavy atom. The van der Waals surface area contributed by atoms with Gasteiger partial charge in [-0.3, -0.25) is 4.79 Å². The molecular formula is C25H26O3. The first-order chi connectivity index (χ1) is 13.6. The van der Waals surface area contributed by atoms with E-state index in [4.69, 9.17) is 4.74 Å². The zero-order valence-corrected chi connectivity index (χ0v) is 16.2. The minimum absolute atomic E-state index is 0.0550. The summed E-state index contributed by atoms with van der Waals surface area (Å²) in [6.45, 7) is 2.57. The van der Waals surface area contributed by atoms with Gasteiger partial charge in [-0.25, -0.2) is 0 Å². The van der Waals surface area contributed by atoms with Crippen LogP contribution in [0.3, 0.4) is 0 Å². The molecule has 3 heteroatoms. The maximum atomic E-state index is 12.7. The van der Waals surface area contributed by atoms with Gasteiger partial charge in [-0.1, -0.05) is 61.0 Å². The Hall–Kier alpha value is -2.65. The number of aliphatic hydroxyl groups excluding tert-OH is 1. The highest BCUT2D eigenvalue weighted by Gasteiger charge is 2.43. The van der Waals surface area contributed by atoms with Gasteiger partial charge in [-0.05, 0) is 49.5 Å². The predicted octanol–water partition coefficient (Wildman–Crippen LogP) is 5.10. The number of hydrogen-bond donors (Lipinski definition) is 1. The third kappa shape index (κ3) is 3.67. The number of para-hydroxylation sites is 1. The first-order valence-electron chi connectivity index (χ1n) is 9.96. The summed E-state index contributed by atoms with van der Waals surface area (Å²) in [5.41, 5.74) is 3.50. The fourth-order valence-corrected chi connectivity index (χ4v) is 4.28. The Morgan fingerprint density at radius 3 is 2.71 bits per heavy atom. The van der Waals surface area contributed by atoms with Crippen LogP contribution in [0.1, 0.15) is 43.7 Å². The minimum Gasteiger partial charge on any atom is -0.488 e. The van der Waals surface area contributed by atoms with Crippen LogP contribution in [-0.4, -0.2) is 17.0 Å². The topological polar surface area (TPSA) is 46.5 Å². The summed E-state index contributed by atoms with van der Waals surface area (Å²) in [6, 6.07) is 17.8. The molecule has 144 valence electrons. The number of carbonyl (C=O) groups is 1.